The Balaban J connectivity index is 2.56. The zero-order valence-electron chi connectivity index (χ0n) is 11.5. The van der Waals surface area contributed by atoms with Crippen molar-refractivity contribution in [2.75, 3.05) is 0 Å². The molecular weight excluding hydrogens is 263 g/mol. The van der Waals surface area contributed by atoms with Gasteiger partial charge in [-0.25, -0.2) is 14.4 Å². The van der Waals surface area contributed by atoms with Gasteiger partial charge in [0.25, 0.3) is 0 Å². The predicted octanol–water partition coefficient (Wildman–Crippen LogP) is 4.54. The Hall–Kier alpha value is -1.48. The highest BCUT2D eigenvalue weighted by molar-refractivity contribution is 6.29. The van der Waals surface area contributed by atoms with E-state index in [1.54, 1.807) is 25.1 Å². The molecule has 1 aromatic heterocycles. The van der Waals surface area contributed by atoms with Crippen molar-refractivity contribution in [3.05, 3.63) is 46.5 Å². The molecule has 0 N–H and O–H groups in total. The monoisotopic (exact) mass is 278 g/mol. The van der Waals surface area contributed by atoms with Crippen LogP contribution >= 0.6 is 11.6 Å². The highest BCUT2D eigenvalue weighted by Crippen LogP contribution is 2.26. The first kappa shape index (κ1) is 13.9. The molecule has 0 aliphatic heterocycles. The van der Waals surface area contributed by atoms with Crippen molar-refractivity contribution in [2.24, 2.45) is 0 Å². The average Bonchev–Trinajstić information content (AvgIpc) is 2.31. The van der Waals surface area contributed by atoms with E-state index in [1.165, 1.54) is 6.07 Å². The van der Waals surface area contributed by atoms with E-state index >= 15 is 0 Å². The van der Waals surface area contributed by atoms with Crippen molar-refractivity contribution < 1.29 is 4.39 Å². The summed E-state index contributed by atoms with van der Waals surface area (Å²) in [7, 11) is 0. The van der Waals surface area contributed by atoms with Gasteiger partial charge in [0.05, 0.1) is 5.69 Å². The van der Waals surface area contributed by atoms with E-state index in [4.69, 9.17) is 11.6 Å². The fraction of sp³-hybridized carbons (Fsp3) is 0.333. The van der Waals surface area contributed by atoms with Gasteiger partial charge >= 0.3 is 0 Å². The van der Waals surface area contributed by atoms with Crippen LogP contribution in [0.25, 0.3) is 11.4 Å². The zero-order valence-corrected chi connectivity index (χ0v) is 12.2. The number of hydrogen-bond donors (Lipinski definition) is 0. The van der Waals surface area contributed by atoms with E-state index in [-0.39, 0.29) is 11.2 Å². The van der Waals surface area contributed by atoms with E-state index in [2.05, 4.69) is 9.97 Å². The maximum Gasteiger partial charge on any atom is 0.161 e. The molecule has 2 nitrogen and oxygen atoms in total. The molecule has 100 valence electrons. The molecule has 0 bridgehead atoms. The Morgan fingerprint density at radius 3 is 2.37 bits per heavy atom. The molecule has 0 aliphatic rings. The molecule has 19 heavy (non-hydrogen) atoms. The smallest absolute Gasteiger partial charge is 0.161 e. The molecule has 0 saturated carbocycles. The second kappa shape index (κ2) is 4.89. The van der Waals surface area contributed by atoms with Crippen LogP contribution in [-0.4, -0.2) is 9.97 Å². The van der Waals surface area contributed by atoms with E-state index in [0.717, 1.165) is 5.69 Å². The van der Waals surface area contributed by atoms with Gasteiger partial charge in [-0.05, 0) is 24.6 Å². The molecule has 0 unspecified atom stereocenters. The maximum atomic E-state index is 13.6. The van der Waals surface area contributed by atoms with Crippen LogP contribution in [-0.2, 0) is 5.41 Å². The topological polar surface area (TPSA) is 25.8 Å². The molecule has 2 aromatic rings. The largest absolute Gasteiger partial charge is 0.232 e. The second-order valence-corrected chi connectivity index (χ2v) is 6.00. The molecule has 0 atom stereocenters. The molecule has 1 aromatic carbocycles. The van der Waals surface area contributed by atoms with Crippen LogP contribution in [0.3, 0.4) is 0 Å². The summed E-state index contributed by atoms with van der Waals surface area (Å²) in [6.07, 6.45) is 0. The molecule has 1 heterocycles. The number of hydrogen-bond acceptors (Lipinski definition) is 2. The first-order chi connectivity index (χ1) is 8.77. The van der Waals surface area contributed by atoms with Gasteiger partial charge in [-0.1, -0.05) is 44.5 Å². The Labute approximate surface area is 117 Å². The summed E-state index contributed by atoms with van der Waals surface area (Å²) in [5.74, 6) is 0.190. The van der Waals surface area contributed by atoms with E-state index in [1.807, 2.05) is 20.8 Å². The predicted molar refractivity (Wildman–Crippen MR) is 75.9 cm³/mol. The van der Waals surface area contributed by atoms with Gasteiger partial charge in [-0.15, -0.1) is 0 Å². The summed E-state index contributed by atoms with van der Waals surface area (Å²) in [6, 6.07) is 6.70. The molecule has 0 radical (unpaired) electrons. The molecule has 0 aliphatic carbocycles. The van der Waals surface area contributed by atoms with Crippen LogP contribution in [0.4, 0.5) is 4.39 Å². The lowest BCUT2D eigenvalue weighted by Gasteiger charge is -2.18. The van der Waals surface area contributed by atoms with Gasteiger partial charge in [0.1, 0.15) is 11.0 Å². The normalized spacial score (nSPS) is 11.7. The quantitative estimate of drug-likeness (QED) is 0.716. The standard InChI is InChI=1S/C15H16ClFN2/c1-9-5-6-10(7-11(9)17)14-18-12(15(2,3)4)8-13(16)19-14/h5-8H,1-4H3. The molecule has 2 rings (SSSR count). The van der Waals surface area contributed by atoms with Crippen molar-refractivity contribution in [3.8, 4) is 11.4 Å². The second-order valence-electron chi connectivity index (χ2n) is 5.61. The minimum absolute atomic E-state index is 0.134. The van der Waals surface area contributed by atoms with Crippen LogP contribution in [0.15, 0.2) is 24.3 Å². The fourth-order valence-corrected chi connectivity index (χ4v) is 1.85. The van der Waals surface area contributed by atoms with Gasteiger partial charge in [-0.3, -0.25) is 0 Å². The highest BCUT2D eigenvalue weighted by atomic mass is 35.5. The van der Waals surface area contributed by atoms with Crippen LogP contribution < -0.4 is 0 Å². The Morgan fingerprint density at radius 1 is 1.11 bits per heavy atom. The highest BCUT2D eigenvalue weighted by Gasteiger charge is 2.18. The number of aromatic nitrogens is 2. The van der Waals surface area contributed by atoms with Crippen molar-refractivity contribution in [2.45, 2.75) is 33.1 Å². The van der Waals surface area contributed by atoms with Gasteiger partial charge in [0.2, 0.25) is 0 Å². The van der Waals surface area contributed by atoms with Gasteiger partial charge in [-0.2, -0.15) is 0 Å². The molecule has 0 fully saturated rings. The third-order valence-electron chi connectivity index (χ3n) is 2.89. The third kappa shape index (κ3) is 3.10. The van der Waals surface area contributed by atoms with Gasteiger partial charge in [0.15, 0.2) is 5.82 Å². The van der Waals surface area contributed by atoms with Crippen molar-refractivity contribution >= 4 is 11.6 Å². The number of nitrogens with zero attached hydrogens (tertiary/aromatic N) is 2. The lowest BCUT2D eigenvalue weighted by atomic mass is 9.92. The number of aryl methyl sites for hydroxylation is 1. The first-order valence-electron chi connectivity index (χ1n) is 6.09. The Kier molecular flexibility index (Phi) is 3.59. The Bertz CT molecular complexity index is 618. The van der Waals surface area contributed by atoms with Crippen molar-refractivity contribution in [3.63, 3.8) is 0 Å². The van der Waals surface area contributed by atoms with Gasteiger partial charge < -0.3 is 0 Å². The van der Waals surface area contributed by atoms with Crippen LogP contribution in [0, 0.1) is 12.7 Å². The summed E-state index contributed by atoms with van der Waals surface area (Å²) in [4.78, 5) is 8.66. The summed E-state index contributed by atoms with van der Waals surface area (Å²) >= 11 is 6.03. The van der Waals surface area contributed by atoms with Crippen molar-refractivity contribution in [1.82, 2.24) is 9.97 Å². The Morgan fingerprint density at radius 2 is 1.79 bits per heavy atom. The van der Waals surface area contributed by atoms with E-state index in [0.29, 0.717) is 22.1 Å². The zero-order chi connectivity index (χ0) is 14.2. The lowest BCUT2D eigenvalue weighted by molar-refractivity contribution is 0.568. The number of rotatable bonds is 1. The van der Waals surface area contributed by atoms with E-state index < -0.39 is 0 Å². The van der Waals surface area contributed by atoms with Crippen LogP contribution in [0.2, 0.25) is 5.15 Å². The summed E-state index contributed by atoms with van der Waals surface area (Å²) in [5.41, 5.74) is 1.94. The summed E-state index contributed by atoms with van der Waals surface area (Å²) in [6.45, 7) is 7.86. The molecule has 0 saturated heterocycles. The van der Waals surface area contributed by atoms with Crippen LogP contribution in [0.5, 0.6) is 0 Å². The van der Waals surface area contributed by atoms with E-state index in [9.17, 15) is 4.39 Å². The minimum Gasteiger partial charge on any atom is -0.232 e. The lowest BCUT2D eigenvalue weighted by Crippen LogP contribution is -2.14. The third-order valence-corrected chi connectivity index (χ3v) is 3.09. The maximum absolute atomic E-state index is 13.6. The molecule has 4 heteroatoms. The van der Waals surface area contributed by atoms with Gasteiger partial charge in [0, 0.05) is 11.0 Å². The van der Waals surface area contributed by atoms with Crippen LogP contribution in [0.1, 0.15) is 32.0 Å². The fourth-order valence-electron chi connectivity index (χ4n) is 1.66. The SMILES string of the molecule is Cc1ccc(-c2nc(Cl)cc(C(C)(C)C)n2)cc1F. The summed E-state index contributed by atoms with van der Waals surface area (Å²) in [5, 5.41) is 0.371. The minimum atomic E-state index is -0.265. The number of benzene rings is 1. The summed E-state index contributed by atoms with van der Waals surface area (Å²) < 4.78 is 13.6. The number of halogens is 2. The molecule has 0 spiro atoms. The molecule has 0 amide bonds. The molecular formula is C15H16ClFN2. The van der Waals surface area contributed by atoms with Crippen molar-refractivity contribution in [1.29, 1.82) is 0 Å². The average molecular weight is 279 g/mol. The first-order valence-corrected chi connectivity index (χ1v) is 6.47.